The van der Waals surface area contributed by atoms with Crippen molar-refractivity contribution < 1.29 is 9.53 Å². The van der Waals surface area contributed by atoms with E-state index in [4.69, 9.17) is 16.3 Å². The summed E-state index contributed by atoms with van der Waals surface area (Å²) in [5.74, 6) is 2.11. The molecule has 3 rings (SSSR count). The molecule has 0 saturated carbocycles. The smallest absolute Gasteiger partial charge is 0.257 e. The highest BCUT2D eigenvalue weighted by molar-refractivity contribution is 6.30. The lowest BCUT2D eigenvalue weighted by molar-refractivity contribution is 0.0668. The van der Waals surface area contributed by atoms with Crippen LogP contribution in [-0.4, -0.2) is 45.8 Å². The van der Waals surface area contributed by atoms with Gasteiger partial charge >= 0.3 is 0 Å². The lowest BCUT2D eigenvalue weighted by atomic mass is 10.0. The number of hydrogen-bond donors (Lipinski definition) is 0. The lowest BCUT2D eigenvalue weighted by Gasteiger charge is -2.33. The van der Waals surface area contributed by atoms with Gasteiger partial charge in [-0.2, -0.15) is 5.10 Å². The van der Waals surface area contributed by atoms with Gasteiger partial charge in [0, 0.05) is 18.1 Å². The number of benzene rings is 1. The number of amides is 1. The number of halogens is 1. The average molecular weight is 349 g/mol. The van der Waals surface area contributed by atoms with Crippen molar-refractivity contribution in [2.75, 3.05) is 20.2 Å². The molecule has 1 unspecified atom stereocenters. The van der Waals surface area contributed by atoms with Crippen molar-refractivity contribution in [3.8, 4) is 5.75 Å². The molecule has 1 aliphatic rings. The second-order valence-electron chi connectivity index (χ2n) is 6.04. The minimum atomic E-state index is -0.0392. The molecule has 0 radical (unpaired) electrons. The van der Waals surface area contributed by atoms with Gasteiger partial charge in [-0.1, -0.05) is 11.6 Å². The summed E-state index contributed by atoms with van der Waals surface area (Å²) >= 11 is 5.99. The molecule has 1 aromatic heterocycles. The number of ether oxygens (including phenoxy) is 1. The Morgan fingerprint density at radius 2 is 2.17 bits per heavy atom. The summed E-state index contributed by atoms with van der Waals surface area (Å²) in [5.41, 5.74) is 0.536. The van der Waals surface area contributed by atoms with Gasteiger partial charge < -0.3 is 9.64 Å². The number of carbonyl (C=O) groups is 1. The van der Waals surface area contributed by atoms with Crippen LogP contribution in [0.15, 0.2) is 18.2 Å². The topological polar surface area (TPSA) is 60.2 Å². The predicted molar refractivity (Wildman–Crippen MR) is 91.7 cm³/mol. The zero-order chi connectivity index (χ0) is 17.3. The molecule has 0 bridgehead atoms. The van der Waals surface area contributed by atoms with E-state index >= 15 is 0 Å². The summed E-state index contributed by atoms with van der Waals surface area (Å²) in [4.78, 5) is 19.1. The van der Waals surface area contributed by atoms with E-state index < -0.39 is 0 Å². The predicted octanol–water partition coefficient (Wildman–Crippen LogP) is 3.03. The first-order chi connectivity index (χ1) is 11.5. The van der Waals surface area contributed by atoms with Crippen LogP contribution < -0.4 is 4.74 Å². The second-order valence-corrected chi connectivity index (χ2v) is 6.48. The number of piperidine rings is 1. The molecular formula is C17H21ClN4O2. The molecule has 1 aliphatic heterocycles. The molecule has 0 aliphatic carbocycles. The number of rotatable bonds is 3. The first kappa shape index (κ1) is 16.8. The molecule has 7 heteroatoms. The Labute approximate surface area is 146 Å². The molecule has 0 N–H and O–H groups in total. The van der Waals surface area contributed by atoms with E-state index in [1.807, 2.05) is 23.4 Å². The quantitative estimate of drug-likeness (QED) is 0.855. The first-order valence-corrected chi connectivity index (χ1v) is 8.40. The van der Waals surface area contributed by atoms with Crippen LogP contribution in [-0.2, 0) is 0 Å². The number of likely N-dealkylation sites (tertiary alicyclic amines) is 1. The standard InChI is InChI=1S/C17H21ClN4O2/c1-11-19-12(2)22(20-11)14-5-4-8-21(10-14)17(23)15-7-6-13(18)9-16(15)24-3/h6-7,9,14H,4-5,8,10H2,1-3H3. The van der Waals surface area contributed by atoms with Crippen LogP contribution in [0.4, 0.5) is 0 Å². The molecule has 1 atom stereocenters. The molecule has 1 amide bonds. The highest BCUT2D eigenvalue weighted by Gasteiger charge is 2.28. The van der Waals surface area contributed by atoms with Crippen molar-refractivity contribution in [1.82, 2.24) is 19.7 Å². The van der Waals surface area contributed by atoms with E-state index in [0.717, 1.165) is 31.0 Å². The third-order valence-electron chi connectivity index (χ3n) is 4.33. The number of aromatic nitrogens is 3. The summed E-state index contributed by atoms with van der Waals surface area (Å²) in [5, 5.41) is 5.02. The zero-order valence-electron chi connectivity index (χ0n) is 14.1. The molecule has 1 saturated heterocycles. The summed E-state index contributed by atoms with van der Waals surface area (Å²) in [6, 6.07) is 5.25. The van der Waals surface area contributed by atoms with Crippen LogP contribution in [0.3, 0.4) is 0 Å². The van der Waals surface area contributed by atoms with Crippen molar-refractivity contribution in [2.24, 2.45) is 0 Å². The molecule has 1 fully saturated rings. The van der Waals surface area contributed by atoms with Crippen LogP contribution in [0, 0.1) is 13.8 Å². The Morgan fingerprint density at radius 3 is 2.83 bits per heavy atom. The Kier molecular flexibility index (Phi) is 4.76. The fourth-order valence-corrected chi connectivity index (χ4v) is 3.39. The highest BCUT2D eigenvalue weighted by atomic mass is 35.5. The zero-order valence-corrected chi connectivity index (χ0v) is 14.9. The maximum absolute atomic E-state index is 12.9. The largest absolute Gasteiger partial charge is 0.496 e. The van der Waals surface area contributed by atoms with Crippen molar-refractivity contribution in [3.05, 3.63) is 40.4 Å². The van der Waals surface area contributed by atoms with E-state index in [9.17, 15) is 4.79 Å². The fraction of sp³-hybridized carbons (Fsp3) is 0.471. The van der Waals surface area contributed by atoms with Gasteiger partial charge in [0.1, 0.15) is 17.4 Å². The Bertz CT molecular complexity index is 759. The van der Waals surface area contributed by atoms with Crippen LogP contribution >= 0.6 is 11.6 Å². The Balaban J connectivity index is 1.82. The third-order valence-corrected chi connectivity index (χ3v) is 4.57. The molecule has 2 heterocycles. The van der Waals surface area contributed by atoms with Crippen molar-refractivity contribution in [2.45, 2.75) is 32.7 Å². The number of aryl methyl sites for hydroxylation is 2. The Hall–Kier alpha value is -2.08. The van der Waals surface area contributed by atoms with E-state index in [-0.39, 0.29) is 11.9 Å². The number of carbonyl (C=O) groups excluding carboxylic acids is 1. The summed E-state index contributed by atoms with van der Waals surface area (Å²) in [7, 11) is 1.54. The second kappa shape index (κ2) is 6.81. The van der Waals surface area contributed by atoms with Gasteiger partial charge in [0.2, 0.25) is 0 Å². The summed E-state index contributed by atoms with van der Waals surface area (Å²) in [6.07, 6.45) is 1.93. The van der Waals surface area contributed by atoms with Crippen LogP contribution in [0.2, 0.25) is 5.02 Å². The summed E-state index contributed by atoms with van der Waals surface area (Å²) < 4.78 is 7.25. The van der Waals surface area contributed by atoms with Crippen molar-refractivity contribution in [1.29, 1.82) is 0 Å². The van der Waals surface area contributed by atoms with E-state index in [0.29, 0.717) is 22.9 Å². The van der Waals surface area contributed by atoms with Gasteiger partial charge in [-0.15, -0.1) is 0 Å². The Morgan fingerprint density at radius 1 is 1.38 bits per heavy atom. The maximum Gasteiger partial charge on any atom is 0.257 e. The van der Waals surface area contributed by atoms with Gasteiger partial charge in [0.25, 0.3) is 5.91 Å². The van der Waals surface area contributed by atoms with Crippen LogP contribution in [0.25, 0.3) is 0 Å². The van der Waals surface area contributed by atoms with E-state index in [2.05, 4.69) is 10.1 Å². The average Bonchev–Trinajstić information content (AvgIpc) is 2.92. The first-order valence-electron chi connectivity index (χ1n) is 8.02. The molecule has 6 nitrogen and oxygen atoms in total. The van der Waals surface area contributed by atoms with Crippen LogP contribution in [0.5, 0.6) is 5.75 Å². The third kappa shape index (κ3) is 3.24. The maximum atomic E-state index is 12.9. The minimum absolute atomic E-state index is 0.0392. The van der Waals surface area contributed by atoms with Crippen LogP contribution in [0.1, 0.15) is 40.9 Å². The molecule has 128 valence electrons. The molecule has 1 aromatic carbocycles. The lowest BCUT2D eigenvalue weighted by Crippen LogP contribution is -2.41. The van der Waals surface area contributed by atoms with Gasteiger partial charge in [-0.05, 0) is 44.9 Å². The highest BCUT2D eigenvalue weighted by Crippen LogP contribution is 2.28. The SMILES string of the molecule is COc1cc(Cl)ccc1C(=O)N1CCCC(n2nc(C)nc2C)C1. The van der Waals surface area contributed by atoms with E-state index in [1.165, 1.54) is 0 Å². The van der Waals surface area contributed by atoms with Gasteiger partial charge in [-0.3, -0.25) is 4.79 Å². The van der Waals surface area contributed by atoms with Gasteiger partial charge in [-0.25, -0.2) is 9.67 Å². The van der Waals surface area contributed by atoms with Gasteiger partial charge in [0.15, 0.2) is 0 Å². The number of methoxy groups -OCH3 is 1. The number of nitrogens with zero attached hydrogens (tertiary/aromatic N) is 4. The fourth-order valence-electron chi connectivity index (χ4n) is 3.23. The molecule has 0 spiro atoms. The van der Waals surface area contributed by atoms with Crippen molar-refractivity contribution in [3.63, 3.8) is 0 Å². The van der Waals surface area contributed by atoms with Crippen molar-refractivity contribution >= 4 is 17.5 Å². The normalized spacial score (nSPS) is 17.8. The minimum Gasteiger partial charge on any atom is -0.496 e. The molecular weight excluding hydrogens is 328 g/mol. The molecule has 2 aromatic rings. The van der Waals surface area contributed by atoms with E-state index in [1.54, 1.807) is 25.3 Å². The summed E-state index contributed by atoms with van der Waals surface area (Å²) in [6.45, 7) is 5.18. The van der Waals surface area contributed by atoms with Gasteiger partial charge in [0.05, 0.1) is 18.7 Å². The molecule has 24 heavy (non-hydrogen) atoms. The monoisotopic (exact) mass is 348 g/mol. The number of hydrogen-bond acceptors (Lipinski definition) is 4.